The fraction of sp³-hybridized carbons (Fsp3) is 0.263. The van der Waals surface area contributed by atoms with Crippen LogP contribution in [0.5, 0.6) is 0 Å². The second-order valence-corrected chi connectivity index (χ2v) is 6.32. The van der Waals surface area contributed by atoms with Gasteiger partial charge >= 0.3 is 0 Å². The molecular formula is C19H19N5O2. The van der Waals surface area contributed by atoms with E-state index >= 15 is 0 Å². The molecule has 1 aromatic heterocycles. The minimum atomic E-state index is -0.252. The number of hydrogen-bond donors (Lipinski definition) is 2. The molecule has 0 radical (unpaired) electrons. The zero-order chi connectivity index (χ0) is 17.9. The van der Waals surface area contributed by atoms with Crippen molar-refractivity contribution in [2.75, 3.05) is 6.54 Å². The van der Waals surface area contributed by atoms with E-state index in [1.165, 1.54) is 0 Å². The summed E-state index contributed by atoms with van der Waals surface area (Å²) in [5.74, 6) is -0.188. The Bertz CT molecular complexity index is 965. The number of aromatic nitrogens is 3. The standard InChI is InChI=1S/C19H19N5O2/c25-18(12-16-13-6-1-2-7-14(13)19(26)21-16)20-10-5-11-24-17-9-4-3-8-15(17)22-23-24/h1-4,6-9,16H,5,10-12H2,(H,20,25)(H,21,26)/t16-/m1/s1. The van der Waals surface area contributed by atoms with E-state index in [0.717, 1.165) is 23.0 Å². The van der Waals surface area contributed by atoms with Crippen LogP contribution in [-0.2, 0) is 11.3 Å². The number of nitrogens with one attached hydrogen (secondary N) is 2. The molecule has 1 aliphatic heterocycles. The largest absolute Gasteiger partial charge is 0.356 e. The summed E-state index contributed by atoms with van der Waals surface area (Å²) in [5.41, 5.74) is 3.40. The first kappa shape index (κ1) is 16.3. The van der Waals surface area contributed by atoms with Crippen molar-refractivity contribution in [2.24, 2.45) is 0 Å². The van der Waals surface area contributed by atoms with Crippen LogP contribution in [0.25, 0.3) is 11.0 Å². The molecule has 1 atom stereocenters. The van der Waals surface area contributed by atoms with Gasteiger partial charge in [-0.1, -0.05) is 35.5 Å². The van der Waals surface area contributed by atoms with Crippen molar-refractivity contribution < 1.29 is 9.59 Å². The highest BCUT2D eigenvalue weighted by Crippen LogP contribution is 2.27. The second-order valence-electron chi connectivity index (χ2n) is 6.32. The van der Waals surface area contributed by atoms with Gasteiger partial charge in [0.1, 0.15) is 5.52 Å². The lowest BCUT2D eigenvalue weighted by Gasteiger charge is -2.12. The topological polar surface area (TPSA) is 88.9 Å². The summed E-state index contributed by atoms with van der Waals surface area (Å²) < 4.78 is 1.84. The Morgan fingerprint density at radius 3 is 2.88 bits per heavy atom. The van der Waals surface area contributed by atoms with E-state index in [2.05, 4.69) is 20.9 Å². The van der Waals surface area contributed by atoms with E-state index in [-0.39, 0.29) is 24.3 Å². The van der Waals surface area contributed by atoms with Gasteiger partial charge < -0.3 is 10.6 Å². The normalized spacial score (nSPS) is 15.7. The maximum atomic E-state index is 12.2. The molecule has 26 heavy (non-hydrogen) atoms. The van der Waals surface area contributed by atoms with Gasteiger partial charge in [0.15, 0.2) is 0 Å². The average Bonchev–Trinajstić information content (AvgIpc) is 3.21. The summed E-state index contributed by atoms with van der Waals surface area (Å²) in [6.07, 6.45) is 1.00. The van der Waals surface area contributed by atoms with Crippen LogP contribution in [0.3, 0.4) is 0 Å². The van der Waals surface area contributed by atoms with Crippen molar-refractivity contribution in [1.82, 2.24) is 25.6 Å². The zero-order valence-electron chi connectivity index (χ0n) is 14.2. The maximum Gasteiger partial charge on any atom is 0.252 e. The molecule has 3 aromatic rings. The molecule has 2 heterocycles. The number of rotatable bonds is 6. The quantitative estimate of drug-likeness (QED) is 0.664. The van der Waals surface area contributed by atoms with Crippen LogP contribution >= 0.6 is 0 Å². The van der Waals surface area contributed by atoms with Crippen molar-refractivity contribution in [1.29, 1.82) is 0 Å². The summed E-state index contributed by atoms with van der Waals surface area (Å²) in [5, 5.41) is 14.0. The first-order chi connectivity index (χ1) is 12.7. The third-order valence-corrected chi connectivity index (χ3v) is 4.56. The van der Waals surface area contributed by atoms with E-state index in [1.807, 2.05) is 47.1 Å². The maximum absolute atomic E-state index is 12.2. The van der Waals surface area contributed by atoms with Crippen LogP contribution < -0.4 is 10.6 Å². The van der Waals surface area contributed by atoms with Crippen LogP contribution in [0.2, 0.25) is 0 Å². The molecular weight excluding hydrogens is 330 g/mol. The summed E-state index contributed by atoms with van der Waals surface area (Å²) >= 11 is 0. The molecule has 0 aliphatic carbocycles. The van der Waals surface area contributed by atoms with Gasteiger partial charge in [-0.2, -0.15) is 0 Å². The highest BCUT2D eigenvalue weighted by Gasteiger charge is 2.29. The van der Waals surface area contributed by atoms with Gasteiger partial charge in [-0.25, -0.2) is 4.68 Å². The number of fused-ring (bicyclic) bond motifs is 2. The van der Waals surface area contributed by atoms with Crippen LogP contribution in [0.4, 0.5) is 0 Å². The molecule has 4 rings (SSSR count). The van der Waals surface area contributed by atoms with Crippen LogP contribution in [0, 0.1) is 0 Å². The first-order valence-corrected chi connectivity index (χ1v) is 8.67. The van der Waals surface area contributed by atoms with E-state index in [0.29, 0.717) is 18.7 Å². The number of carbonyl (C=O) groups is 2. The number of carbonyl (C=O) groups excluding carboxylic acids is 2. The Morgan fingerprint density at radius 2 is 1.96 bits per heavy atom. The SMILES string of the molecule is O=C(C[C@H]1NC(=O)c2ccccc21)NCCCn1nnc2ccccc21. The number of aryl methyl sites for hydroxylation is 1. The lowest BCUT2D eigenvalue weighted by molar-refractivity contribution is -0.121. The number of nitrogens with zero attached hydrogens (tertiary/aromatic N) is 3. The molecule has 0 saturated carbocycles. The molecule has 2 aromatic carbocycles. The molecule has 0 fully saturated rings. The lowest BCUT2D eigenvalue weighted by atomic mass is 10.0. The average molecular weight is 349 g/mol. The van der Waals surface area contributed by atoms with Gasteiger partial charge in [-0.05, 0) is 30.2 Å². The molecule has 7 nitrogen and oxygen atoms in total. The predicted octanol–water partition coefficient (Wildman–Crippen LogP) is 1.81. The van der Waals surface area contributed by atoms with Crippen LogP contribution in [-0.4, -0.2) is 33.4 Å². The van der Waals surface area contributed by atoms with E-state index in [4.69, 9.17) is 0 Å². The third kappa shape index (κ3) is 3.15. The van der Waals surface area contributed by atoms with Crippen molar-refractivity contribution in [3.63, 3.8) is 0 Å². The fourth-order valence-electron chi connectivity index (χ4n) is 3.28. The van der Waals surface area contributed by atoms with E-state index in [9.17, 15) is 9.59 Å². The molecule has 0 saturated heterocycles. The fourth-order valence-corrected chi connectivity index (χ4v) is 3.28. The summed E-state index contributed by atoms with van der Waals surface area (Å²) in [7, 11) is 0. The van der Waals surface area contributed by atoms with Gasteiger partial charge in [0.05, 0.1) is 18.0 Å². The highest BCUT2D eigenvalue weighted by molar-refractivity contribution is 5.99. The lowest BCUT2D eigenvalue weighted by Crippen LogP contribution is -2.30. The Morgan fingerprint density at radius 1 is 1.15 bits per heavy atom. The van der Waals surface area contributed by atoms with Crippen molar-refractivity contribution in [2.45, 2.75) is 25.4 Å². The molecule has 0 bridgehead atoms. The Hall–Kier alpha value is -3.22. The van der Waals surface area contributed by atoms with E-state index < -0.39 is 0 Å². The Labute approximate surface area is 150 Å². The smallest absolute Gasteiger partial charge is 0.252 e. The highest BCUT2D eigenvalue weighted by atomic mass is 16.2. The number of para-hydroxylation sites is 1. The second kappa shape index (κ2) is 6.95. The van der Waals surface area contributed by atoms with E-state index in [1.54, 1.807) is 6.07 Å². The summed E-state index contributed by atoms with van der Waals surface area (Å²) in [4.78, 5) is 24.1. The summed E-state index contributed by atoms with van der Waals surface area (Å²) in [6.45, 7) is 1.24. The molecule has 1 aliphatic rings. The van der Waals surface area contributed by atoms with Gasteiger partial charge in [-0.15, -0.1) is 5.10 Å². The minimum absolute atomic E-state index is 0.0737. The number of benzene rings is 2. The van der Waals surface area contributed by atoms with Gasteiger partial charge in [0, 0.05) is 18.7 Å². The van der Waals surface area contributed by atoms with Gasteiger partial charge in [0.2, 0.25) is 5.91 Å². The van der Waals surface area contributed by atoms with Gasteiger partial charge in [-0.3, -0.25) is 9.59 Å². The Balaban J connectivity index is 1.27. The van der Waals surface area contributed by atoms with Crippen LogP contribution in [0.1, 0.15) is 34.8 Å². The molecule has 7 heteroatoms. The van der Waals surface area contributed by atoms with Gasteiger partial charge in [0.25, 0.3) is 5.91 Å². The van der Waals surface area contributed by atoms with Crippen LogP contribution in [0.15, 0.2) is 48.5 Å². The molecule has 0 spiro atoms. The summed E-state index contributed by atoms with van der Waals surface area (Å²) in [6, 6.07) is 14.9. The third-order valence-electron chi connectivity index (χ3n) is 4.56. The van der Waals surface area contributed by atoms with Crippen molar-refractivity contribution in [3.8, 4) is 0 Å². The number of amides is 2. The minimum Gasteiger partial charge on any atom is -0.356 e. The monoisotopic (exact) mass is 349 g/mol. The van der Waals surface area contributed by atoms with Crippen molar-refractivity contribution in [3.05, 3.63) is 59.7 Å². The molecule has 2 amide bonds. The number of hydrogen-bond acceptors (Lipinski definition) is 4. The van der Waals surface area contributed by atoms with Crippen molar-refractivity contribution >= 4 is 22.8 Å². The molecule has 0 unspecified atom stereocenters. The predicted molar refractivity (Wildman–Crippen MR) is 96.4 cm³/mol. The molecule has 132 valence electrons. The zero-order valence-corrected chi connectivity index (χ0v) is 14.2. The molecule has 2 N–H and O–H groups in total. The Kier molecular flexibility index (Phi) is 4.35. The first-order valence-electron chi connectivity index (χ1n) is 8.67.